The van der Waals surface area contributed by atoms with Crippen molar-refractivity contribution in [1.82, 2.24) is 5.32 Å². The molecule has 2 nitrogen and oxygen atoms in total. The van der Waals surface area contributed by atoms with Crippen molar-refractivity contribution in [3.63, 3.8) is 0 Å². The van der Waals surface area contributed by atoms with E-state index in [0.717, 1.165) is 32.7 Å². The Labute approximate surface area is 98.0 Å². The number of benzene rings is 1. The normalized spacial score (nSPS) is 18.1. The lowest BCUT2D eigenvalue weighted by molar-refractivity contribution is -0.0988. The second-order valence-electron chi connectivity index (χ2n) is 5.22. The summed E-state index contributed by atoms with van der Waals surface area (Å²) in [5.41, 5.74) is 3.14. The van der Waals surface area contributed by atoms with Gasteiger partial charge in [0.15, 0.2) is 0 Å². The fourth-order valence-corrected chi connectivity index (χ4v) is 2.04. The van der Waals surface area contributed by atoms with E-state index in [1.165, 1.54) is 11.1 Å². The Morgan fingerprint density at radius 1 is 1.38 bits per heavy atom. The van der Waals surface area contributed by atoms with Crippen molar-refractivity contribution in [2.75, 3.05) is 26.3 Å². The lowest BCUT2D eigenvalue weighted by Crippen LogP contribution is -2.47. The van der Waals surface area contributed by atoms with Gasteiger partial charge in [-0.05, 0) is 25.5 Å². The molecular formula is C14H21NO. The lowest BCUT2D eigenvalue weighted by atomic mass is 9.89. The summed E-state index contributed by atoms with van der Waals surface area (Å²) >= 11 is 0. The Hall–Kier alpha value is -0.860. The summed E-state index contributed by atoms with van der Waals surface area (Å²) in [6.07, 6.45) is 1.11. The first-order valence-corrected chi connectivity index (χ1v) is 6.02. The molecule has 16 heavy (non-hydrogen) atoms. The molecule has 0 unspecified atom stereocenters. The average molecular weight is 219 g/mol. The van der Waals surface area contributed by atoms with E-state index in [1.54, 1.807) is 0 Å². The van der Waals surface area contributed by atoms with Gasteiger partial charge in [-0.25, -0.2) is 0 Å². The molecule has 1 aliphatic rings. The average Bonchev–Trinajstić information content (AvgIpc) is 2.22. The van der Waals surface area contributed by atoms with Crippen molar-refractivity contribution < 1.29 is 4.74 Å². The van der Waals surface area contributed by atoms with E-state index in [0.29, 0.717) is 5.41 Å². The minimum Gasteiger partial charge on any atom is -0.380 e. The molecule has 88 valence electrons. The molecule has 1 heterocycles. The van der Waals surface area contributed by atoms with Gasteiger partial charge in [0, 0.05) is 12.0 Å². The summed E-state index contributed by atoms with van der Waals surface area (Å²) in [6, 6.07) is 8.73. The zero-order valence-electron chi connectivity index (χ0n) is 10.3. The molecule has 0 aromatic heterocycles. The van der Waals surface area contributed by atoms with Crippen molar-refractivity contribution in [3.8, 4) is 0 Å². The molecule has 0 saturated carbocycles. The summed E-state index contributed by atoms with van der Waals surface area (Å²) < 4.78 is 5.23. The van der Waals surface area contributed by atoms with Crippen LogP contribution in [-0.2, 0) is 11.2 Å². The van der Waals surface area contributed by atoms with Crippen LogP contribution >= 0.6 is 0 Å². The van der Waals surface area contributed by atoms with Crippen LogP contribution in [0.2, 0.25) is 0 Å². The standard InChI is InChI=1S/C14H21NO/c1-12-4-3-5-13(8-12)6-7-15-9-14(2)10-16-11-14/h3-5,8,15H,6-7,9-11H2,1-2H3. The van der Waals surface area contributed by atoms with E-state index in [2.05, 4.69) is 43.4 Å². The predicted octanol–water partition coefficient (Wildman–Crippen LogP) is 2.16. The Bertz CT molecular complexity index is 344. The van der Waals surface area contributed by atoms with Crippen molar-refractivity contribution >= 4 is 0 Å². The van der Waals surface area contributed by atoms with Crippen molar-refractivity contribution in [3.05, 3.63) is 35.4 Å². The first kappa shape index (κ1) is 11.6. The second kappa shape index (κ2) is 4.98. The second-order valence-corrected chi connectivity index (χ2v) is 5.22. The lowest BCUT2D eigenvalue weighted by Gasteiger charge is -2.38. The van der Waals surface area contributed by atoms with Crippen LogP contribution in [0, 0.1) is 12.3 Å². The van der Waals surface area contributed by atoms with E-state index in [4.69, 9.17) is 4.74 Å². The minimum absolute atomic E-state index is 0.382. The zero-order chi connectivity index (χ0) is 11.4. The van der Waals surface area contributed by atoms with Crippen molar-refractivity contribution in [2.24, 2.45) is 5.41 Å². The SMILES string of the molecule is Cc1cccc(CCNCC2(C)COC2)c1. The Morgan fingerprint density at radius 2 is 2.19 bits per heavy atom. The van der Waals surface area contributed by atoms with Crippen LogP contribution in [-0.4, -0.2) is 26.3 Å². The molecule has 1 aromatic carbocycles. The highest BCUT2D eigenvalue weighted by atomic mass is 16.5. The first-order chi connectivity index (χ1) is 7.68. The molecular weight excluding hydrogens is 198 g/mol. The molecule has 1 N–H and O–H groups in total. The maximum atomic E-state index is 5.23. The highest BCUT2D eigenvalue weighted by Gasteiger charge is 2.32. The molecule has 0 atom stereocenters. The van der Waals surface area contributed by atoms with Crippen LogP contribution in [0.3, 0.4) is 0 Å². The highest BCUT2D eigenvalue weighted by Crippen LogP contribution is 2.24. The van der Waals surface area contributed by atoms with Gasteiger partial charge in [-0.1, -0.05) is 36.8 Å². The van der Waals surface area contributed by atoms with E-state index >= 15 is 0 Å². The Kier molecular flexibility index (Phi) is 3.62. The maximum absolute atomic E-state index is 5.23. The van der Waals surface area contributed by atoms with Gasteiger partial charge in [0.2, 0.25) is 0 Å². The first-order valence-electron chi connectivity index (χ1n) is 6.02. The van der Waals surface area contributed by atoms with Crippen LogP contribution < -0.4 is 5.32 Å². The molecule has 0 spiro atoms. The topological polar surface area (TPSA) is 21.3 Å². The van der Waals surface area contributed by atoms with Gasteiger partial charge in [0.1, 0.15) is 0 Å². The molecule has 0 amide bonds. The third-order valence-electron chi connectivity index (χ3n) is 3.13. The highest BCUT2D eigenvalue weighted by molar-refractivity contribution is 5.22. The predicted molar refractivity (Wildman–Crippen MR) is 66.7 cm³/mol. The third-order valence-corrected chi connectivity index (χ3v) is 3.13. The van der Waals surface area contributed by atoms with Crippen LogP contribution in [0.25, 0.3) is 0 Å². The van der Waals surface area contributed by atoms with Crippen molar-refractivity contribution in [2.45, 2.75) is 20.3 Å². The van der Waals surface area contributed by atoms with E-state index in [9.17, 15) is 0 Å². The Balaban J connectivity index is 1.68. The molecule has 1 aliphatic heterocycles. The molecule has 1 saturated heterocycles. The van der Waals surface area contributed by atoms with Crippen LogP contribution in [0.5, 0.6) is 0 Å². The summed E-state index contributed by atoms with van der Waals surface area (Å²) in [5, 5.41) is 3.52. The van der Waals surface area contributed by atoms with Gasteiger partial charge >= 0.3 is 0 Å². The van der Waals surface area contributed by atoms with Gasteiger partial charge in [-0.3, -0.25) is 0 Å². The van der Waals surface area contributed by atoms with Gasteiger partial charge in [0.25, 0.3) is 0 Å². The third kappa shape index (κ3) is 3.06. The number of nitrogens with one attached hydrogen (secondary N) is 1. The fourth-order valence-electron chi connectivity index (χ4n) is 2.04. The van der Waals surface area contributed by atoms with Gasteiger partial charge in [0.05, 0.1) is 13.2 Å². The number of hydrogen-bond acceptors (Lipinski definition) is 2. The Morgan fingerprint density at radius 3 is 2.81 bits per heavy atom. The van der Waals surface area contributed by atoms with Gasteiger partial charge in [-0.2, -0.15) is 0 Å². The summed E-state index contributed by atoms with van der Waals surface area (Å²) in [4.78, 5) is 0. The quantitative estimate of drug-likeness (QED) is 0.766. The summed E-state index contributed by atoms with van der Waals surface area (Å²) in [6.45, 7) is 8.35. The number of ether oxygens (including phenoxy) is 1. The molecule has 0 radical (unpaired) electrons. The summed E-state index contributed by atoms with van der Waals surface area (Å²) in [5.74, 6) is 0. The zero-order valence-corrected chi connectivity index (χ0v) is 10.3. The monoisotopic (exact) mass is 219 g/mol. The summed E-state index contributed by atoms with van der Waals surface area (Å²) in [7, 11) is 0. The number of aryl methyl sites for hydroxylation is 1. The molecule has 2 heteroatoms. The van der Waals surface area contributed by atoms with Crippen molar-refractivity contribution in [1.29, 1.82) is 0 Å². The number of rotatable bonds is 5. The maximum Gasteiger partial charge on any atom is 0.0554 e. The van der Waals surface area contributed by atoms with E-state index < -0.39 is 0 Å². The van der Waals surface area contributed by atoms with E-state index in [1.807, 2.05) is 0 Å². The molecule has 0 aliphatic carbocycles. The minimum atomic E-state index is 0.382. The van der Waals surface area contributed by atoms with Crippen LogP contribution in [0.1, 0.15) is 18.1 Å². The molecule has 1 aromatic rings. The van der Waals surface area contributed by atoms with E-state index in [-0.39, 0.29) is 0 Å². The molecule has 1 fully saturated rings. The molecule has 0 bridgehead atoms. The largest absolute Gasteiger partial charge is 0.380 e. The van der Waals surface area contributed by atoms with Gasteiger partial charge in [-0.15, -0.1) is 0 Å². The smallest absolute Gasteiger partial charge is 0.0554 e. The van der Waals surface area contributed by atoms with Crippen LogP contribution in [0.15, 0.2) is 24.3 Å². The van der Waals surface area contributed by atoms with Gasteiger partial charge < -0.3 is 10.1 Å². The molecule has 2 rings (SSSR count). The van der Waals surface area contributed by atoms with Crippen LogP contribution in [0.4, 0.5) is 0 Å². The number of hydrogen-bond donors (Lipinski definition) is 1. The fraction of sp³-hybridized carbons (Fsp3) is 0.571.